The Morgan fingerprint density at radius 3 is 2.71 bits per heavy atom. The van der Waals surface area contributed by atoms with E-state index in [1.165, 1.54) is 6.33 Å². The standard InChI is InChI=1S/C20H20N6O2/c1-13-9-15(4-6-18(13)28-16-5-3-14(2)21-10-16)25-20-19-17(22-12-23-20)11-24-26(19)7-8-27/h3-6,9-12,27H,7-8H2,1-2H3,(H,22,23,25). The molecular formula is C20H20N6O2. The van der Waals surface area contributed by atoms with Gasteiger partial charge in [-0.25, -0.2) is 9.97 Å². The van der Waals surface area contributed by atoms with E-state index in [9.17, 15) is 5.11 Å². The molecule has 3 aromatic heterocycles. The van der Waals surface area contributed by atoms with Gasteiger partial charge in [-0.3, -0.25) is 9.67 Å². The van der Waals surface area contributed by atoms with Gasteiger partial charge in [-0.1, -0.05) is 0 Å². The lowest BCUT2D eigenvalue weighted by Gasteiger charge is -2.12. The molecule has 0 saturated heterocycles. The van der Waals surface area contributed by atoms with Crippen molar-refractivity contribution in [2.24, 2.45) is 0 Å². The van der Waals surface area contributed by atoms with Crippen molar-refractivity contribution in [2.75, 3.05) is 11.9 Å². The number of aryl methyl sites for hydroxylation is 2. The molecule has 4 aromatic rings. The molecule has 142 valence electrons. The molecule has 0 unspecified atom stereocenters. The molecule has 0 aliphatic heterocycles. The lowest BCUT2D eigenvalue weighted by atomic mass is 10.2. The van der Waals surface area contributed by atoms with Crippen molar-refractivity contribution >= 4 is 22.5 Å². The molecule has 0 radical (unpaired) electrons. The second-order valence-electron chi connectivity index (χ2n) is 6.39. The van der Waals surface area contributed by atoms with E-state index in [-0.39, 0.29) is 6.61 Å². The monoisotopic (exact) mass is 376 g/mol. The van der Waals surface area contributed by atoms with E-state index in [4.69, 9.17) is 4.74 Å². The average molecular weight is 376 g/mol. The van der Waals surface area contributed by atoms with Crippen molar-refractivity contribution in [3.8, 4) is 11.5 Å². The molecule has 4 rings (SSSR count). The van der Waals surface area contributed by atoms with Gasteiger partial charge in [0.1, 0.15) is 28.9 Å². The SMILES string of the molecule is Cc1ccc(Oc2ccc(Nc3ncnc4cnn(CCO)c34)cc2C)cn1. The first-order chi connectivity index (χ1) is 13.6. The van der Waals surface area contributed by atoms with E-state index in [0.29, 0.717) is 18.1 Å². The number of aliphatic hydroxyl groups excluding tert-OH is 1. The molecule has 2 N–H and O–H groups in total. The fraction of sp³-hybridized carbons (Fsp3) is 0.200. The molecule has 0 spiro atoms. The summed E-state index contributed by atoms with van der Waals surface area (Å²) in [5, 5.41) is 16.8. The van der Waals surface area contributed by atoms with Crippen LogP contribution >= 0.6 is 0 Å². The van der Waals surface area contributed by atoms with Crippen LogP contribution in [0.4, 0.5) is 11.5 Å². The number of aliphatic hydroxyl groups is 1. The van der Waals surface area contributed by atoms with E-state index in [1.807, 2.05) is 44.2 Å². The zero-order valence-corrected chi connectivity index (χ0v) is 15.6. The van der Waals surface area contributed by atoms with Gasteiger partial charge < -0.3 is 15.2 Å². The topological polar surface area (TPSA) is 98.0 Å². The number of aromatic nitrogens is 5. The van der Waals surface area contributed by atoms with Gasteiger partial charge in [0, 0.05) is 11.4 Å². The van der Waals surface area contributed by atoms with Gasteiger partial charge in [0.15, 0.2) is 5.82 Å². The number of fused-ring (bicyclic) bond motifs is 1. The fourth-order valence-corrected chi connectivity index (χ4v) is 2.90. The van der Waals surface area contributed by atoms with Gasteiger partial charge in [0.25, 0.3) is 0 Å². The summed E-state index contributed by atoms with van der Waals surface area (Å²) in [6.45, 7) is 4.28. The predicted octanol–water partition coefficient (Wildman–Crippen LogP) is 3.37. The van der Waals surface area contributed by atoms with Crippen LogP contribution in [0.25, 0.3) is 11.0 Å². The fourth-order valence-electron chi connectivity index (χ4n) is 2.90. The Bertz CT molecular complexity index is 1110. The number of nitrogens with zero attached hydrogens (tertiary/aromatic N) is 5. The Balaban J connectivity index is 1.59. The summed E-state index contributed by atoms with van der Waals surface area (Å²) in [5.74, 6) is 2.08. The number of hydrogen-bond acceptors (Lipinski definition) is 7. The van der Waals surface area contributed by atoms with Crippen LogP contribution in [0.5, 0.6) is 11.5 Å². The minimum atomic E-state index is -0.00980. The van der Waals surface area contributed by atoms with Crippen LogP contribution < -0.4 is 10.1 Å². The number of nitrogens with one attached hydrogen (secondary N) is 1. The summed E-state index contributed by atoms with van der Waals surface area (Å²) >= 11 is 0. The van der Waals surface area contributed by atoms with Crippen molar-refractivity contribution in [1.82, 2.24) is 24.7 Å². The number of hydrogen-bond donors (Lipinski definition) is 2. The first-order valence-electron chi connectivity index (χ1n) is 8.89. The Morgan fingerprint density at radius 1 is 1.07 bits per heavy atom. The lowest BCUT2D eigenvalue weighted by molar-refractivity contribution is 0.271. The molecule has 28 heavy (non-hydrogen) atoms. The molecule has 8 heteroatoms. The predicted molar refractivity (Wildman–Crippen MR) is 106 cm³/mol. The zero-order valence-electron chi connectivity index (χ0n) is 15.6. The molecular weight excluding hydrogens is 356 g/mol. The second kappa shape index (κ2) is 7.61. The third-order valence-electron chi connectivity index (χ3n) is 4.29. The van der Waals surface area contributed by atoms with E-state index >= 15 is 0 Å². The van der Waals surface area contributed by atoms with E-state index in [1.54, 1.807) is 17.1 Å². The van der Waals surface area contributed by atoms with Crippen molar-refractivity contribution in [3.05, 3.63) is 60.3 Å². The van der Waals surface area contributed by atoms with Crippen LogP contribution in [-0.2, 0) is 6.54 Å². The molecule has 0 aliphatic rings. The minimum Gasteiger partial charge on any atom is -0.455 e. The van der Waals surface area contributed by atoms with E-state index < -0.39 is 0 Å². The third-order valence-corrected chi connectivity index (χ3v) is 4.29. The number of ether oxygens (including phenoxy) is 1. The van der Waals surface area contributed by atoms with E-state index in [2.05, 4.69) is 25.4 Å². The number of benzene rings is 1. The first-order valence-corrected chi connectivity index (χ1v) is 8.89. The highest BCUT2D eigenvalue weighted by Crippen LogP contribution is 2.29. The quantitative estimate of drug-likeness (QED) is 0.532. The summed E-state index contributed by atoms with van der Waals surface area (Å²) in [6, 6.07) is 9.62. The Hall–Kier alpha value is -3.52. The van der Waals surface area contributed by atoms with Gasteiger partial charge in [-0.2, -0.15) is 5.10 Å². The average Bonchev–Trinajstić information content (AvgIpc) is 3.10. The Kier molecular flexibility index (Phi) is 4.86. The molecule has 0 saturated carbocycles. The molecule has 0 fully saturated rings. The van der Waals surface area contributed by atoms with Crippen LogP contribution in [0.2, 0.25) is 0 Å². The van der Waals surface area contributed by atoms with E-state index in [0.717, 1.165) is 33.7 Å². The summed E-state index contributed by atoms with van der Waals surface area (Å²) < 4.78 is 7.61. The first kappa shape index (κ1) is 17.9. The molecule has 8 nitrogen and oxygen atoms in total. The Labute approximate surface area is 161 Å². The maximum atomic E-state index is 9.24. The highest BCUT2D eigenvalue weighted by molar-refractivity contribution is 5.87. The second-order valence-corrected chi connectivity index (χ2v) is 6.39. The molecule has 0 atom stereocenters. The smallest absolute Gasteiger partial charge is 0.160 e. The largest absolute Gasteiger partial charge is 0.455 e. The van der Waals surface area contributed by atoms with Crippen molar-refractivity contribution in [1.29, 1.82) is 0 Å². The number of anilines is 2. The van der Waals surface area contributed by atoms with Crippen molar-refractivity contribution in [2.45, 2.75) is 20.4 Å². The van der Waals surface area contributed by atoms with Crippen molar-refractivity contribution < 1.29 is 9.84 Å². The normalized spacial score (nSPS) is 11.0. The van der Waals surface area contributed by atoms with Crippen LogP contribution in [0.15, 0.2) is 49.1 Å². The van der Waals surface area contributed by atoms with Crippen LogP contribution in [-0.4, -0.2) is 36.4 Å². The Morgan fingerprint density at radius 2 is 1.96 bits per heavy atom. The van der Waals surface area contributed by atoms with Gasteiger partial charge in [-0.15, -0.1) is 0 Å². The lowest BCUT2D eigenvalue weighted by Crippen LogP contribution is -2.06. The number of pyridine rings is 1. The van der Waals surface area contributed by atoms with Crippen LogP contribution in [0.3, 0.4) is 0 Å². The summed E-state index contributed by atoms with van der Waals surface area (Å²) in [5.41, 5.74) is 4.25. The molecule has 3 heterocycles. The highest BCUT2D eigenvalue weighted by atomic mass is 16.5. The van der Waals surface area contributed by atoms with Gasteiger partial charge in [0.2, 0.25) is 0 Å². The zero-order chi connectivity index (χ0) is 19.5. The summed E-state index contributed by atoms with van der Waals surface area (Å²) in [7, 11) is 0. The molecule has 0 bridgehead atoms. The van der Waals surface area contributed by atoms with Crippen LogP contribution in [0, 0.1) is 13.8 Å². The van der Waals surface area contributed by atoms with Crippen LogP contribution in [0.1, 0.15) is 11.3 Å². The summed E-state index contributed by atoms with van der Waals surface area (Å²) in [6.07, 6.45) is 4.86. The van der Waals surface area contributed by atoms with Gasteiger partial charge in [-0.05, 0) is 49.7 Å². The maximum Gasteiger partial charge on any atom is 0.160 e. The molecule has 0 amide bonds. The molecule has 0 aliphatic carbocycles. The molecule has 1 aromatic carbocycles. The van der Waals surface area contributed by atoms with Gasteiger partial charge >= 0.3 is 0 Å². The number of rotatable bonds is 6. The highest BCUT2D eigenvalue weighted by Gasteiger charge is 2.11. The van der Waals surface area contributed by atoms with Gasteiger partial charge in [0.05, 0.1) is 25.5 Å². The maximum absolute atomic E-state index is 9.24. The van der Waals surface area contributed by atoms with Crippen molar-refractivity contribution in [3.63, 3.8) is 0 Å². The summed E-state index contributed by atoms with van der Waals surface area (Å²) in [4.78, 5) is 12.8. The minimum absolute atomic E-state index is 0.00980. The third kappa shape index (κ3) is 3.63.